The molecule has 0 amide bonds. The fourth-order valence-electron chi connectivity index (χ4n) is 1.79. The molecule has 2 N–H and O–H groups in total. The minimum absolute atomic E-state index is 0.407. The summed E-state index contributed by atoms with van der Waals surface area (Å²) in [4.78, 5) is 0.407. The Hall–Kier alpha value is -1.81. The second-order valence-corrected chi connectivity index (χ2v) is 4.14. The molecule has 17 heavy (non-hydrogen) atoms. The molecule has 0 bridgehead atoms. The molecule has 0 unspecified atom stereocenters. The molecule has 0 aliphatic heterocycles. The summed E-state index contributed by atoms with van der Waals surface area (Å²) in [7, 11) is 1.67. The Morgan fingerprint density at radius 1 is 1.29 bits per heavy atom. The van der Waals surface area contributed by atoms with Gasteiger partial charge in [-0.05, 0) is 18.2 Å². The Morgan fingerprint density at radius 2 is 2.06 bits per heavy atom. The first-order chi connectivity index (χ1) is 8.22. The predicted molar refractivity (Wildman–Crippen MR) is 72.4 cm³/mol. The van der Waals surface area contributed by atoms with Crippen LogP contribution in [0.25, 0.3) is 0 Å². The van der Waals surface area contributed by atoms with E-state index in [2.05, 4.69) is 0 Å². The quantitative estimate of drug-likeness (QED) is 0.841. The van der Waals surface area contributed by atoms with Crippen LogP contribution in [0.2, 0.25) is 0 Å². The molecular weight excluding hydrogens is 232 g/mol. The topological polar surface area (TPSA) is 40.2 Å². The van der Waals surface area contributed by atoms with Crippen LogP contribution in [0.5, 0.6) is 5.75 Å². The van der Waals surface area contributed by atoms with Crippen LogP contribution in [0.15, 0.2) is 42.6 Å². The fourth-order valence-corrected chi connectivity index (χ4v) is 1.98. The molecule has 88 valence electrons. The smallest absolute Gasteiger partial charge is 0.123 e. The van der Waals surface area contributed by atoms with E-state index in [-0.39, 0.29) is 0 Å². The van der Waals surface area contributed by atoms with Gasteiger partial charge in [-0.25, -0.2) is 0 Å². The number of nitrogens with two attached hydrogens (primary N) is 1. The Kier molecular flexibility index (Phi) is 3.44. The monoisotopic (exact) mass is 246 g/mol. The van der Waals surface area contributed by atoms with Gasteiger partial charge in [0.05, 0.1) is 19.3 Å². The third-order valence-corrected chi connectivity index (χ3v) is 2.82. The van der Waals surface area contributed by atoms with Crippen LogP contribution in [-0.2, 0) is 6.54 Å². The van der Waals surface area contributed by atoms with E-state index in [0.29, 0.717) is 11.5 Å². The summed E-state index contributed by atoms with van der Waals surface area (Å²) in [6.07, 6.45) is 1.96. The minimum Gasteiger partial charge on any atom is -0.496 e. The molecule has 2 aromatic rings. The van der Waals surface area contributed by atoms with Crippen LogP contribution in [0.3, 0.4) is 0 Å². The molecule has 3 nitrogen and oxygen atoms in total. The van der Waals surface area contributed by atoms with Crippen molar-refractivity contribution in [3.63, 3.8) is 0 Å². The summed E-state index contributed by atoms with van der Waals surface area (Å²) in [6, 6.07) is 11.8. The van der Waals surface area contributed by atoms with Crippen molar-refractivity contribution in [1.82, 2.24) is 4.57 Å². The number of ether oxygens (including phenoxy) is 1. The van der Waals surface area contributed by atoms with E-state index >= 15 is 0 Å². The molecule has 1 heterocycles. The van der Waals surface area contributed by atoms with Gasteiger partial charge in [-0.15, -0.1) is 0 Å². The van der Waals surface area contributed by atoms with Crippen LogP contribution in [0.1, 0.15) is 11.3 Å². The summed E-state index contributed by atoms with van der Waals surface area (Å²) in [5.74, 6) is 0.870. The van der Waals surface area contributed by atoms with Gasteiger partial charge in [-0.1, -0.05) is 30.4 Å². The predicted octanol–water partition coefficient (Wildman–Crippen LogP) is 2.18. The van der Waals surface area contributed by atoms with Gasteiger partial charge in [-0.2, -0.15) is 0 Å². The highest BCUT2D eigenvalue weighted by molar-refractivity contribution is 7.80. The Labute approximate surface area is 106 Å². The molecule has 4 heteroatoms. The number of hydrogen-bond donors (Lipinski definition) is 1. The summed E-state index contributed by atoms with van der Waals surface area (Å²) in [5, 5.41) is 0. The molecule has 1 aromatic heterocycles. The van der Waals surface area contributed by atoms with Crippen molar-refractivity contribution in [2.45, 2.75) is 6.54 Å². The highest BCUT2D eigenvalue weighted by atomic mass is 32.1. The van der Waals surface area contributed by atoms with E-state index < -0.39 is 0 Å². The van der Waals surface area contributed by atoms with Crippen LogP contribution in [0, 0.1) is 0 Å². The lowest BCUT2D eigenvalue weighted by Gasteiger charge is -2.11. The van der Waals surface area contributed by atoms with Crippen molar-refractivity contribution in [3.8, 4) is 5.75 Å². The number of rotatable bonds is 4. The van der Waals surface area contributed by atoms with Gasteiger partial charge in [-0.3, -0.25) is 0 Å². The van der Waals surface area contributed by atoms with Gasteiger partial charge in [0.2, 0.25) is 0 Å². The summed E-state index contributed by atoms with van der Waals surface area (Å²) < 4.78 is 7.33. The Morgan fingerprint density at radius 3 is 2.76 bits per heavy atom. The second-order valence-electron chi connectivity index (χ2n) is 3.70. The van der Waals surface area contributed by atoms with Crippen LogP contribution < -0.4 is 10.5 Å². The average Bonchev–Trinajstić information content (AvgIpc) is 2.78. The molecule has 0 saturated heterocycles. The maximum atomic E-state index is 5.66. The van der Waals surface area contributed by atoms with Gasteiger partial charge in [0.15, 0.2) is 0 Å². The zero-order chi connectivity index (χ0) is 12.3. The third-order valence-electron chi connectivity index (χ3n) is 2.62. The molecule has 2 rings (SSSR count). The van der Waals surface area contributed by atoms with Crippen molar-refractivity contribution in [1.29, 1.82) is 0 Å². The molecule has 0 saturated carbocycles. The third kappa shape index (κ3) is 2.47. The number of aromatic nitrogens is 1. The highest BCUT2D eigenvalue weighted by Gasteiger charge is 2.07. The van der Waals surface area contributed by atoms with Gasteiger partial charge < -0.3 is 15.0 Å². The van der Waals surface area contributed by atoms with Crippen LogP contribution in [-0.4, -0.2) is 16.7 Å². The second kappa shape index (κ2) is 5.01. The Balaban J connectivity index is 2.31. The lowest BCUT2D eigenvalue weighted by atomic mass is 10.2. The van der Waals surface area contributed by atoms with Gasteiger partial charge >= 0.3 is 0 Å². The Bertz CT molecular complexity index is 534. The maximum absolute atomic E-state index is 5.66. The zero-order valence-corrected chi connectivity index (χ0v) is 10.4. The van der Waals surface area contributed by atoms with E-state index in [1.165, 1.54) is 0 Å². The first kappa shape index (κ1) is 11.7. The first-order valence-electron chi connectivity index (χ1n) is 5.29. The number of nitrogens with zero attached hydrogens (tertiary/aromatic N) is 1. The molecule has 0 fully saturated rings. The summed E-state index contributed by atoms with van der Waals surface area (Å²) in [5.41, 5.74) is 7.63. The number of benzene rings is 1. The van der Waals surface area contributed by atoms with Gasteiger partial charge in [0, 0.05) is 11.8 Å². The number of methoxy groups -OCH3 is 1. The fraction of sp³-hybridized carbons (Fsp3) is 0.154. The number of thiocarbonyl (C=S) groups is 1. The molecular formula is C13H14N2OS. The molecule has 0 spiro atoms. The number of hydrogen-bond acceptors (Lipinski definition) is 2. The van der Waals surface area contributed by atoms with E-state index in [1.807, 2.05) is 47.2 Å². The SMILES string of the molecule is COc1ccccc1Cn1cccc1C(N)=S. The average molecular weight is 246 g/mol. The van der Waals surface area contributed by atoms with E-state index in [9.17, 15) is 0 Å². The van der Waals surface area contributed by atoms with E-state index in [0.717, 1.165) is 17.0 Å². The summed E-state index contributed by atoms with van der Waals surface area (Å²) in [6.45, 7) is 0.698. The van der Waals surface area contributed by atoms with Gasteiger partial charge in [0.1, 0.15) is 10.7 Å². The first-order valence-corrected chi connectivity index (χ1v) is 5.70. The largest absolute Gasteiger partial charge is 0.496 e. The van der Waals surface area contributed by atoms with Gasteiger partial charge in [0.25, 0.3) is 0 Å². The standard InChI is InChI=1S/C13H14N2OS/c1-16-12-7-3-2-5-10(12)9-15-8-4-6-11(15)13(14)17/h2-8H,9H2,1H3,(H2,14,17). The normalized spacial score (nSPS) is 10.2. The van der Waals surface area contributed by atoms with E-state index in [1.54, 1.807) is 7.11 Å². The molecule has 1 aromatic carbocycles. The minimum atomic E-state index is 0.407. The molecule has 0 radical (unpaired) electrons. The van der Waals surface area contributed by atoms with Crippen molar-refractivity contribution in [2.75, 3.05) is 7.11 Å². The zero-order valence-electron chi connectivity index (χ0n) is 9.59. The van der Waals surface area contributed by atoms with Crippen molar-refractivity contribution >= 4 is 17.2 Å². The van der Waals surface area contributed by atoms with Crippen molar-refractivity contribution in [3.05, 3.63) is 53.9 Å². The summed E-state index contributed by atoms with van der Waals surface area (Å²) >= 11 is 5.01. The molecule has 0 atom stereocenters. The van der Waals surface area contributed by atoms with Crippen LogP contribution >= 0.6 is 12.2 Å². The molecule has 0 aliphatic rings. The number of para-hydroxylation sites is 1. The van der Waals surface area contributed by atoms with Crippen LogP contribution in [0.4, 0.5) is 0 Å². The lowest BCUT2D eigenvalue weighted by Crippen LogP contribution is -2.16. The van der Waals surface area contributed by atoms with E-state index in [4.69, 9.17) is 22.7 Å². The molecule has 0 aliphatic carbocycles. The van der Waals surface area contributed by atoms with Crippen molar-refractivity contribution in [2.24, 2.45) is 5.73 Å². The highest BCUT2D eigenvalue weighted by Crippen LogP contribution is 2.19. The maximum Gasteiger partial charge on any atom is 0.123 e. The van der Waals surface area contributed by atoms with Crippen molar-refractivity contribution < 1.29 is 4.74 Å². The lowest BCUT2D eigenvalue weighted by molar-refractivity contribution is 0.408.